The molecule has 4 heteroatoms. The van der Waals surface area contributed by atoms with Gasteiger partial charge < -0.3 is 9.30 Å². The molecule has 4 nitrogen and oxygen atoms in total. The van der Waals surface area contributed by atoms with E-state index in [2.05, 4.69) is 9.47 Å². The second-order valence-corrected chi connectivity index (χ2v) is 5.23. The summed E-state index contributed by atoms with van der Waals surface area (Å²) in [5, 5.41) is 0. The lowest BCUT2D eigenvalue weighted by Gasteiger charge is -2.16. The Labute approximate surface area is 109 Å². The van der Waals surface area contributed by atoms with Gasteiger partial charge in [-0.3, -0.25) is 9.69 Å². The van der Waals surface area contributed by atoms with E-state index in [1.54, 1.807) is 14.0 Å². The zero-order valence-corrected chi connectivity index (χ0v) is 11.5. The fraction of sp³-hybridized carbons (Fsp3) is 0.643. The predicted molar refractivity (Wildman–Crippen MR) is 70.7 cm³/mol. The summed E-state index contributed by atoms with van der Waals surface area (Å²) >= 11 is 0. The molecular formula is C14H22N2O2. The molecule has 0 aromatic carbocycles. The lowest BCUT2D eigenvalue weighted by Crippen LogP contribution is -2.22. The smallest absolute Gasteiger partial charge is 0.161 e. The fourth-order valence-corrected chi connectivity index (χ4v) is 2.62. The van der Waals surface area contributed by atoms with Crippen molar-refractivity contribution in [1.82, 2.24) is 9.47 Å². The highest BCUT2D eigenvalue weighted by Gasteiger charge is 2.23. The van der Waals surface area contributed by atoms with Crippen molar-refractivity contribution in [1.29, 1.82) is 0 Å². The maximum atomic E-state index is 11.3. The van der Waals surface area contributed by atoms with Crippen molar-refractivity contribution in [3.8, 4) is 0 Å². The lowest BCUT2D eigenvalue weighted by molar-refractivity contribution is 0.101. The Kier molecular flexibility index (Phi) is 4.19. The van der Waals surface area contributed by atoms with Crippen LogP contribution in [-0.2, 0) is 18.3 Å². The minimum atomic E-state index is 0.135. The summed E-state index contributed by atoms with van der Waals surface area (Å²) in [6.45, 7) is 5.60. The molecule has 0 unspecified atom stereocenters. The van der Waals surface area contributed by atoms with E-state index in [1.807, 2.05) is 19.3 Å². The molecule has 0 radical (unpaired) electrons. The van der Waals surface area contributed by atoms with Gasteiger partial charge in [-0.25, -0.2) is 0 Å². The van der Waals surface area contributed by atoms with E-state index in [9.17, 15) is 4.79 Å². The standard InChI is InChI=1S/C14H22N2O2/c1-11(17)13-6-14(15(2)8-13)9-16-5-4-12(7-16)10-18-3/h6,8,12H,4-5,7,9-10H2,1-3H3/t12-/m0/s1. The molecule has 1 aromatic heterocycles. The Hall–Kier alpha value is -1.13. The van der Waals surface area contributed by atoms with Crippen molar-refractivity contribution in [2.45, 2.75) is 19.9 Å². The molecule has 18 heavy (non-hydrogen) atoms. The summed E-state index contributed by atoms with van der Waals surface area (Å²) in [7, 11) is 3.77. The molecule has 0 aliphatic carbocycles. The van der Waals surface area contributed by atoms with Crippen molar-refractivity contribution in [2.75, 3.05) is 26.8 Å². The first-order valence-electron chi connectivity index (χ1n) is 6.47. The van der Waals surface area contributed by atoms with Crippen molar-refractivity contribution >= 4 is 5.78 Å². The van der Waals surface area contributed by atoms with Gasteiger partial charge in [0.25, 0.3) is 0 Å². The van der Waals surface area contributed by atoms with Crippen LogP contribution in [0.3, 0.4) is 0 Å². The van der Waals surface area contributed by atoms with Crippen LogP contribution in [0.25, 0.3) is 0 Å². The second-order valence-electron chi connectivity index (χ2n) is 5.23. The predicted octanol–water partition coefficient (Wildman–Crippen LogP) is 1.70. The minimum Gasteiger partial charge on any atom is -0.384 e. The van der Waals surface area contributed by atoms with E-state index in [-0.39, 0.29) is 5.78 Å². The third-order valence-electron chi connectivity index (χ3n) is 3.67. The van der Waals surface area contributed by atoms with Gasteiger partial charge in [-0.2, -0.15) is 0 Å². The highest BCUT2D eigenvalue weighted by molar-refractivity contribution is 5.94. The highest BCUT2D eigenvalue weighted by Crippen LogP contribution is 2.19. The monoisotopic (exact) mass is 250 g/mol. The normalized spacial score (nSPS) is 20.5. The van der Waals surface area contributed by atoms with Crippen LogP contribution in [-0.4, -0.2) is 42.1 Å². The van der Waals surface area contributed by atoms with Crippen molar-refractivity contribution in [3.63, 3.8) is 0 Å². The Morgan fingerprint density at radius 1 is 1.56 bits per heavy atom. The molecule has 1 aliphatic heterocycles. The number of carbonyl (C=O) groups excluding carboxylic acids is 1. The molecule has 0 bridgehead atoms. The second kappa shape index (κ2) is 5.67. The number of hydrogen-bond donors (Lipinski definition) is 0. The Morgan fingerprint density at radius 3 is 2.94 bits per heavy atom. The molecular weight excluding hydrogens is 228 g/mol. The van der Waals surface area contributed by atoms with Gasteiger partial charge in [0.05, 0.1) is 6.61 Å². The first-order valence-corrected chi connectivity index (χ1v) is 6.47. The zero-order valence-electron chi connectivity index (χ0n) is 11.5. The number of hydrogen-bond acceptors (Lipinski definition) is 3. The quantitative estimate of drug-likeness (QED) is 0.746. The maximum absolute atomic E-state index is 11.3. The van der Waals surface area contributed by atoms with Crippen LogP contribution in [0, 0.1) is 5.92 Å². The van der Waals surface area contributed by atoms with Gasteiger partial charge in [-0.15, -0.1) is 0 Å². The Balaban J connectivity index is 1.96. The number of aryl methyl sites for hydroxylation is 1. The van der Waals surface area contributed by atoms with Crippen LogP contribution in [0.2, 0.25) is 0 Å². The molecule has 1 fully saturated rings. The molecule has 1 atom stereocenters. The zero-order chi connectivity index (χ0) is 13.1. The van der Waals surface area contributed by atoms with Crippen molar-refractivity contribution in [3.05, 3.63) is 23.5 Å². The highest BCUT2D eigenvalue weighted by atomic mass is 16.5. The molecule has 1 aliphatic rings. The Bertz CT molecular complexity index is 425. The first-order chi connectivity index (χ1) is 8.60. The van der Waals surface area contributed by atoms with Gasteiger partial charge in [-0.05, 0) is 31.9 Å². The molecule has 100 valence electrons. The summed E-state index contributed by atoms with van der Waals surface area (Å²) in [5.41, 5.74) is 2.01. The van der Waals surface area contributed by atoms with E-state index >= 15 is 0 Å². The molecule has 0 amide bonds. The number of likely N-dealkylation sites (tertiary alicyclic amines) is 1. The van der Waals surface area contributed by atoms with Gasteiger partial charge in [0.2, 0.25) is 0 Å². The summed E-state index contributed by atoms with van der Waals surface area (Å²) in [5.74, 6) is 0.790. The average molecular weight is 250 g/mol. The van der Waals surface area contributed by atoms with Crippen molar-refractivity contribution < 1.29 is 9.53 Å². The summed E-state index contributed by atoms with van der Waals surface area (Å²) in [6, 6.07) is 2.01. The van der Waals surface area contributed by atoms with Gasteiger partial charge in [0.1, 0.15) is 0 Å². The number of aromatic nitrogens is 1. The SMILES string of the molecule is COC[C@H]1CCN(Cc2cc(C(C)=O)cn2C)C1. The number of Topliss-reactive ketones (excluding diaryl/α,β-unsaturated/α-hetero) is 1. The number of ketones is 1. The lowest BCUT2D eigenvalue weighted by atomic mass is 10.1. The number of carbonyl (C=O) groups is 1. The van der Waals surface area contributed by atoms with E-state index in [0.29, 0.717) is 5.92 Å². The van der Waals surface area contributed by atoms with Gasteiger partial charge >= 0.3 is 0 Å². The molecule has 0 N–H and O–H groups in total. The van der Waals surface area contributed by atoms with Crippen LogP contribution in [0.4, 0.5) is 0 Å². The molecule has 1 saturated heterocycles. The van der Waals surface area contributed by atoms with Crippen LogP contribution in [0.5, 0.6) is 0 Å². The molecule has 2 heterocycles. The first kappa shape index (κ1) is 13.3. The minimum absolute atomic E-state index is 0.135. The van der Waals surface area contributed by atoms with E-state index in [1.165, 1.54) is 12.1 Å². The van der Waals surface area contributed by atoms with Gasteiger partial charge in [0, 0.05) is 44.7 Å². The number of nitrogens with zero attached hydrogens (tertiary/aromatic N) is 2. The van der Waals surface area contributed by atoms with Crippen LogP contribution < -0.4 is 0 Å². The number of methoxy groups -OCH3 is 1. The maximum Gasteiger partial charge on any atom is 0.161 e. The third-order valence-corrected chi connectivity index (χ3v) is 3.67. The largest absolute Gasteiger partial charge is 0.384 e. The summed E-state index contributed by atoms with van der Waals surface area (Å²) in [6.07, 6.45) is 3.12. The Morgan fingerprint density at radius 2 is 2.33 bits per heavy atom. The average Bonchev–Trinajstić information content (AvgIpc) is 2.88. The molecule has 1 aromatic rings. The van der Waals surface area contributed by atoms with Crippen LogP contribution >= 0.6 is 0 Å². The van der Waals surface area contributed by atoms with E-state index in [4.69, 9.17) is 4.74 Å². The van der Waals surface area contributed by atoms with E-state index in [0.717, 1.165) is 31.8 Å². The van der Waals surface area contributed by atoms with E-state index < -0.39 is 0 Å². The number of rotatable bonds is 5. The topological polar surface area (TPSA) is 34.5 Å². The molecule has 0 spiro atoms. The molecule has 0 saturated carbocycles. The fourth-order valence-electron chi connectivity index (χ4n) is 2.62. The van der Waals surface area contributed by atoms with Crippen molar-refractivity contribution in [2.24, 2.45) is 13.0 Å². The third kappa shape index (κ3) is 3.00. The van der Waals surface area contributed by atoms with Gasteiger partial charge in [0.15, 0.2) is 5.78 Å². The number of ether oxygens (including phenoxy) is 1. The molecule has 2 rings (SSSR count). The summed E-state index contributed by atoms with van der Waals surface area (Å²) < 4.78 is 7.26. The summed E-state index contributed by atoms with van der Waals surface area (Å²) in [4.78, 5) is 13.8. The van der Waals surface area contributed by atoms with Crippen LogP contribution in [0.15, 0.2) is 12.3 Å². The van der Waals surface area contributed by atoms with Gasteiger partial charge in [-0.1, -0.05) is 0 Å². The van der Waals surface area contributed by atoms with Crippen LogP contribution in [0.1, 0.15) is 29.4 Å².